The van der Waals surface area contributed by atoms with E-state index in [1.807, 2.05) is 11.9 Å². The zero-order valence-electron chi connectivity index (χ0n) is 17.6. The van der Waals surface area contributed by atoms with E-state index in [1.165, 1.54) is 36.4 Å². The molecule has 0 aliphatic rings. The first-order chi connectivity index (χ1) is 15.2. The number of nitrogens with zero attached hydrogens (tertiary/aromatic N) is 1. The van der Waals surface area contributed by atoms with Crippen LogP contribution in [0.3, 0.4) is 0 Å². The molecule has 0 aromatic heterocycles. The summed E-state index contributed by atoms with van der Waals surface area (Å²) in [5.74, 6) is 0.0579. The van der Waals surface area contributed by atoms with Crippen LogP contribution < -0.4 is 0 Å². The molecule has 1 nitrogen and oxygen atoms in total. The van der Waals surface area contributed by atoms with E-state index in [0.717, 1.165) is 17.2 Å². The van der Waals surface area contributed by atoms with Crippen molar-refractivity contribution < 1.29 is 22.0 Å². The molecule has 0 fully saturated rings. The summed E-state index contributed by atoms with van der Waals surface area (Å²) in [5, 5.41) is -0.101. The Hall–Kier alpha value is -2.38. The van der Waals surface area contributed by atoms with Crippen molar-refractivity contribution in [2.24, 2.45) is 0 Å². The van der Waals surface area contributed by atoms with Crippen LogP contribution in [0.5, 0.6) is 0 Å². The molecule has 0 radical (unpaired) electrons. The van der Waals surface area contributed by atoms with Gasteiger partial charge in [-0.2, -0.15) is 13.2 Å². The normalized spacial score (nSPS) is 12.0. The first-order valence-electron chi connectivity index (χ1n) is 10.2. The molecule has 0 atom stereocenters. The maximum absolute atomic E-state index is 13.4. The fraction of sp³-hybridized carbons (Fsp3) is 0.280. The average molecular weight is 466 g/mol. The van der Waals surface area contributed by atoms with Crippen molar-refractivity contribution in [3.63, 3.8) is 0 Å². The van der Waals surface area contributed by atoms with Gasteiger partial charge in [0.1, 0.15) is 11.6 Å². The largest absolute Gasteiger partial charge is 0.416 e. The Morgan fingerprint density at radius 3 is 1.84 bits per heavy atom. The molecule has 0 N–H and O–H groups in total. The fourth-order valence-electron chi connectivity index (χ4n) is 3.42. The van der Waals surface area contributed by atoms with Crippen LogP contribution in [0.4, 0.5) is 22.0 Å². The molecule has 0 saturated carbocycles. The molecule has 32 heavy (non-hydrogen) atoms. The third-order valence-electron chi connectivity index (χ3n) is 5.19. The molecule has 0 bridgehead atoms. The lowest BCUT2D eigenvalue weighted by molar-refractivity contribution is -0.138. The van der Waals surface area contributed by atoms with E-state index in [2.05, 4.69) is 0 Å². The standard InChI is InChI=1S/C25H24F5NS/c1-31(15-14-18-4-2-3-5-23(18)25(28,29)30)16-17-32-24(19-6-10-21(26)11-7-19)20-8-12-22(27)13-9-20/h2-13,24H,14-17H2,1H3. The topological polar surface area (TPSA) is 3.24 Å². The average Bonchev–Trinajstić information content (AvgIpc) is 2.76. The molecule has 3 aromatic rings. The van der Waals surface area contributed by atoms with Gasteiger partial charge in [0.15, 0.2) is 0 Å². The second kappa shape index (κ2) is 11.0. The highest BCUT2D eigenvalue weighted by Gasteiger charge is 2.32. The quantitative estimate of drug-likeness (QED) is 0.314. The van der Waals surface area contributed by atoms with Crippen LogP contribution in [0.15, 0.2) is 72.8 Å². The van der Waals surface area contributed by atoms with Crippen LogP contribution >= 0.6 is 11.8 Å². The van der Waals surface area contributed by atoms with Crippen LogP contribution in [0.25, 0.3) is 0 Å². The molecule has 3 aromatic carbocycles. The Bertz CT molecular complexity index is 941. The van der Waals surface area contributed by atoms with Gasteiger partial charge in [-0.05, 0) is 60.5 Å². The SMILES string of the molecule is CN(CCSC(c1ccc(F)cc1)c1ccc(F)cc1)CCc1ccccc1C(F)(F)F. The van der Waals surface area contributed by atoms with Gasteiger partial charge in [0.05, 0.1) is 10.8 Å². The van der Waals surface area contributed by atoms with Gasteiger partial charge in [-0.3, -0.25) is 0 Å². The highest BCUT2D eigenvalue weighted by molar-refractivity contribution is 7.99. The number of alkyl halides is 3. The molecule has 7 heteroatoms. The molecule has 3 rings (SSSR count). The number of benzene rings is 3. The first kappa shape index (κ1) is 24.3. The van der Waals surface area contributed by atoms with Crippen LogP contribution in [0, 0.1) is 11.6 Å². The van der Waals surface area contributed by atoms with Gasteiger partial charge >= 0.3 is 6.18 Å². The Kier molecular flexibility index (Phi) is 8.32. The summed E-state index contributed by atoms with van der Waals surface area (Å²) in [7, 11) is 1.88. The summed E-state index contributed by atoms with van der Waals surface area (Å²) in [5.41, 5.74) is 1.51. The molecule has 170 valence electrons. The van der Waals surface area contributed by atoms with E-state index in [0.29, 0.717) is 25.3 Å². The van der Waals surface area contributed by atoms with Crippen molar-refractivity contribution in [1.82, 2.24) is 4.90 Å². The summed E-state index contributed by atoms with van der Waals surface area (Å²) in [6.07, 6.45) is -4.06. The van der Waals surface area contributed by atoms with Crippen LogP contribution in [0.1, 0.15) is 27.5 Å². The molecule has 0 amide bonds. The van der Waals surface area contributed by atoms with Crippen molar-refractivity contribution in [1.29, 1.82) is 0 Å². The van der Waals surface area contributed by atoms with Gasteiger partial charge in [-0.15, -0.1) is 11.8 Å². The molecule has 0 saturated heterocycles. The highest BCUT2D eigenvalue weighted by Crippen LogP contribution is 2.36. The summed E-state index contributed by atoms with van der Waals surface area (Å²) in [4.78, 5) is 1.99. The van der Waals surface area contributed by atoms with E-state index in [4.69, 9.17) is 0 Å². The van der Waals surface area contributed by atoms with Gasteiger partial charge in [-0.25, -0.2) is 8.78 Å². The second-order valence-electron chi connectivity index (χ2n) is 7.56. The molecule has 0 aliphatic heterocycles. The van der Waals surface area contributed by atoms with E-state index < -0.39 is 11.7 Å². The lowest BCUT2D eigenvalue weighted by Crippen LogP contribution is -2.25. The lowest BCUT2D eigenvalue weighted by Gasteiger charge is -2.21. The number of thioether (sulfide) groups is 1. The van der Waals surface area contributed by atoms with Crippen molar-refractivity contribution in [3.05, 3.63) is 107 Å². The highest BCUT2D eigenvalue weighted by atomic mass is 32.2. The van der Waals surface area contributed by atoms with Gasteiger partial charge in [0, 0.05) is 18.8 Å². The molecular formula is C25H24F5NS. The predicted octanol–water partition coefficient (Wildman–Crippen LogP) is 6.98. The number of hydrogen-bond acceptors (Lipinski definition) is 2. The number of hydrogen-bond donors (Lipinski definition) is 0. The first-order valence-corrected chi connectivity index (χ1v) is 11.2. The Morgan fingerprint density at radius 1 is 0.781 bits per heavy atom. The predicted molar refractivity (Wildman–Crippen MR) is 120 cm³/mol. The van der Waals surface area contributed by atoms with Crippen molar-refractivity contribution in [2.75, 3.05) is 25.9 Å². The molecule has 0 heterocycles. The number of rotatable bonds is 9. The van der Waals surface area contributed by atoms with Crippen molar-refractivity contribution in [3.8, 4) is 0 Å². The lowest BCUT2D eigenvalue weighted by atomic mass is 10.0. The maximum atomic E-state index is 13.4. The van der Waals surface area contributed by atoms with Crippen LogP contribution in [-0.4, -0.2) is 30.8 Å². The summed E-state index contributed by atoms with van der Waals surface area (Å²) >= 11 is 1.63. The second-order valence-corrected chi connectivity index (χ2v) is 8.78. The zero-order valence-corrected chi connectivity index (χ0v) is 18.4. The van der Waals surface area contributed by atoms with E-state index in [-0.39, 0.29) is 22.4 Å². The van der Waals surface area contributed by atoms with E-state index in [1.54, 1.807) is 42.1 Å². The maximum Gasteiger partial charge on any atom is 0.416 e. The Labute approximate surface area is 189 Å². The van der Waals surface area contributed by atoms with E-state index in [9.17, 15) is 22.0 Å². The van der Waals surface area contributed by atoms with Crippen LogP contribution in [0.2, 0.25) is 0 Å². The summed E-state index contributed by atoms with van der Waals surface area (Å²) < 4.78 is 66.2. The fourth-order valence-corrected chi connectivity index (χ4v) is 4.78. The Morgan fingerprint density at radius 2 is 1.31 bits per heavy atom. The van der Waals surface area contributed by atoms with Gasteiger partial charge in [0.2, 0.25) is 0 Å². The van der Waals surface area contributed by atoms with Crippen molar-refractivity contribution in [2.45, 2.75) is 17.8 Å². The number of likely N-dealkylation sites (N-methyl/N-ethyl adjacent to an activating group) is 1. The van der Waals surface area contributed by atoms with Gasteiger partial charge in [-0.1, -0.05) is 42.5 Å². The zero-order chi connectivity index (χ0) is 23.1. The van der Waals surface area contributed by atoms with Crippen LogP contribution in [-0.2, 0) is 12.6 Å². The number of halogens is 5. The minimum atomic E-state index is -4.36. The monoisotopic (exact) mass is 465 g/mol. The third-order valence-corrected chi connectivity index (χ3v) is 6.48. The van der Waals surface area contributed by atoms with Gasteiger partial charge < -0.3 is 4.90 Å². The summed E-state index contributed by atoms with van der Waals surface area (Å²) in [6.45, 7) is 1.16. The third kappa shape index (κ3) is 6.81. The van der Waals surface area contributed by atoms with Gasteiger partial charge in [0.25, 0.3) is 0 Å². The van der Waals surface area contributed by atoms with Crippen molar-refractivity contribution >= 4 is 11.8 Å². The van der Waals surface area contributed by atoms with E-state index >= 15 is 0 Å². The minimum Gasteiger partial charge on any atom is -0.305 e. The molecule has 0 spiro atoms. The molecular weight excluding hydrogens is 441 g/mol. The minimum absolute atomic E-state index is 0.101. The Balaban J connectivity index is 1.60. The summed E-state index contributed by atoms with van der Waals surface area (Å²) in [6, 6.07) is 18.1. The molecule has 0 unspecified atom stereocenters. The smallest absolute Gasteiger partial charge is 0.305 e. The molecule has 0 aliphatic carbocycles.